The number of hydrogen-bond acceptors (Lipinski definition) is 6. The van der Waals surface area contributed by atoms with Crippen LogP contribution in [0.4, 0.5) is 9.18 Å². The van der Waals surface area contributed by atoms with Gasteiger partial charge in [-0.1, -0.05) is 0 Å². The van der Waals surface area contributed by atoms with E-state index in [1.807, 2.05) is 12.1 Å². The fraction of sp³-hybridized carbons (Fsp3) is 0.632. The van der Waals surface area contributed by atoms with Gasteiger partial charge in [-0.3, -0.25) is 9.80 Å². The van der Waals surface area contributed by atoms with Gasteiger partial charge in [-0.15, -0.1) is 0 Å². The lowest BCUT2D eigenvalue weighted by Gasteiger charge is -2.48. The molecule has 3 heterocycles. The minimum atomic E-state index is -0.679. The Bertz CT molecular complexity index is 731. The Morgan fingerprint density at radius 1 is 1.26 bits per heavy atom. The molecule has 0 saturated carbocycles. The molecule has 3 aliphatic heterocycles. The van der Waals surface area contributed by atoms with Crippen LogP contribution in [0.5, 0.6) is 11.5 Å². The molecule has 4 atom stereocenters. The first kappa shape index (κ1) is 18.3. The van der Waals surface area contributed by atoms with Crippen molar-refractivity contribution < 1.29 is 23.4 Å². The van der Waals surface area contributed by atoms with E-state index < -0.39 is 18.9 Å². The zero-order chi connectivity index (χ0) is 19.1. The van der Waals surface area contributed by atoms with Gasteiger partial charge in [0.05, 0.1) is 26.8 Å². The van der Waals surface area contributed by atoms with E-state index in [-0.39, 0.29) is 24.7 Å². The average Bonchev–Trinajstić information content (AvgIpc) is 3.06. The van der Waals surface area contributed by atoms with E-state index in [9.17, 15) is 9.18 Å². The number of benzene rings is 1. The Balaban J connectivity index is 1.57. The van der Waals surface area contributed by atoms with Crippen LogP contribution in [0, 0.1) is 0 Å². The first-order valence-electron chi connectivity index (χ1n) is 9.33. The molecule has 0 radical (unpaired) electrons. The van der Waals surface area contributed by atoms with Crippen molar-refractivity contribution in [2.24, 2.45) is 5.73 Å². The maximum absolute atomic E-state index is 12.9. The number of alkyl halides is 1. The number of piperidine rings is 1. The third-order valence-corrected chi connectivity index (χ3v) is 6.00. The highest BCUT2D eigenvalue weighted by molar-refractivity contribution is 5.70. The summed E-state index contributed by atoms with van der Waals surface area (Å²) in [5.41, 5.74) is 8.93. The van der Waals surface area contributed by atoms with Crippen LogP contribution in [0.25, 0.3) is 0 Å². The predicted octanol–water partition coefficient (Wildman–Crippen LogP) is 1.49. The second-order valence-corrected chi connectivity index (χ2v) is 7.45. The van der Waals surface area contributed by atoms with Crippen molar-refractivity contribution >= 4 is 6.09 Å². The topological polar surface area (TPSA) is 77.3 Å². The number of ether oxygens (including phenoxy) is 3. The van der Waals surface area contributed by atoms with Crippen molar-refractivity contribution in [1.82, 2.24) is 9.80 Å². The summed E-state index contributed by atoms with van der Waals surface area (Å²) >= 11 is 0. The highest BCUT2D eigenvalue weighted by Gasteiger charge is 2.45. The first-order valence-corrected chi connectivity index (χ1v) is 9.33. The van der Waals surface area contributed by atoms with E-state index in [0.29, 0.717) is 12.3 Å². The molecule has 0 aliphatic carbocycles. The fourth-order valence-corrected chi connectivity index (χ4v) is 4.59. The SMILES string of the molecule is COc1cc2c(cc1OC)[C@@H]1C[C@H](N)[C@@H](N3CC(CF)OC3=O)CN1CC2. The predicted molar refractivity (Wildman–Crippen MR) is 96.9 cm³/mol. The molecule has 27 heavy (non-hydrogen) atoms. The molecule has 7 nitrogen and oxygen atoms in total. The number of rotatable bonds is 4. The van der Waals surface area contributed by atoms with Gasteiger partial charge in [0.25, 0.3) is 0 Å². The molecule has 0 spiro atoms. The molecule has 1 unspecified atom stereocenters. The van der Waals surface area contributed by atoms with Crippen LogP contribution in [0.1, 0.15) is 23.6 Å². The summed E-state index contributed by atoms with van der Waals surface area (Å²) in [6, 6.07) is 3.91. The summed E-state index contributed by atoms with van der Waals surface area (Å²) in [5, 5.41) is 0. The van der Waals surface area contributed by atoms with E-state index in [1.54, 1.807) is 19.1 Å². The highest BCUT2D eigenvalue weighted by atomic mass is 19.1. The summed E-state index contributed by atoms with van der Waals surface area (Å²) in [4.78, 5) is 16.1. The lowest BCUT2D eigenvalue weighted by atomic mass is 9.83. The summed E-state index contributed by atoms with van der Waals surface area (Å²) in [7, 11) is 3.27. The molecule has 1 aromatic rings. The average molecular weight is 379 g/mol. The molecule has 4 rings (SSSR count). The number of amides is 1. The van der Waals surface area contributed by atoms with Gasteiger partial charge in [0, 0.05) is 25.2 Å². The summed E-state index contributed by atoms with van der Waals surface area (Å²) in [5.74, 6) is 1.45. The number of cyclic esters (lactones) is 1. The van der Waals surface area contributed by atoms with Gasteiger partial charge in [-0.2, -0.15) is 0 Å². The van der Waals surface area contributed by atoms with Gasteiger partial charge in [0.2, 0.25) is 0 Å². The molecule has 0 aromatic heterocycles. The Morgan fingerprint density at radius 3 is 2.67 bits per heavy atom. The molecule has 2 fully saturated rings. The third-order valence-electron chi connectivity index (χ3n) is 6.00. The quantitative estimate of drug-likeness (QED) is 0.854. The molecular weight excluding hydrogens is 353 g/mol. The summed E-state index contributed by atoms with van der Waals surface area (Å²) in [6.07, 6.45) is 0.477. The van der Waals surface area contributed by atoms with Crippen molar-refractivity contribution in [1.29, 1.82) is 0 Å². The van der Waals surface area contributed by atoms with Crippen molar-refractivity contribution in [2.45, 2.75) is 37.1 Å². The fourth-order valence-electron chi connectivity index (χ4n) is 4.59. The summed E-state index contributed by atoms with van der Waals surface area (Å²) < 4.78 is 28.9. The largest absolute Gasteiger partial charge is 0.493 e. The third kappa shape index (κ3) is 3.10. The lowest BCUT2D eigenvalue weighted by molar-refractivity contribution is 0.0566. The molecule has 2 N–H and O–H groups in total. The Kier molecular flexibility index (Phi) is 4.86. The van der Waals surface area contributed by atoms with Crippen molar-refractivity contribution in [3.05, 3.63) is 23.3 Å². The van der Waals surface area contributed by atoms with Gasteiger partial charge >= 0.3 is 6.09 Å². The summed E-state index contributed by atoms with van der Waals surface area (Å²) in [6.45, 7) is 1.15. The van der Waals surface area contributed by atoms with Gasteiger partial charge < -0.3 is 19.9 Å². The molecule has 8 heteroatoms. The van der Waals surface area contributed by atoms with Gasteiger partial charge in [0.15, 0.2) is 11.5 Å². The maximum Gasteiger partial charge on any atom is 0.410 e. The van der Waals surface area contributed by atoms with Crippen molar-refractivity contribution in [3.8, 4) is 11.5 Å². The second kappa shape index (κ2) is 7.16. The smallest absolute Gasteiger partial charge is 0.410 e. The molecular formula is C19H26FN3O4. The van der Waals surface area contributed by atoms with Crippen LogP contribution in [0.15, 0.2) is 12.1 Å². The van der Waals surface area contributed by atoms with E-state index in [0.717, 1.165) is 25.1 Å². The maximum atomic E-state index is 12.9. The number of carbonyl (C=O) groups excluding carboxylic acids is 1. The number of halogens is 1. The second-order valence-electron chi connectivity index (χ2n) is 7.45. The van der Waals surface area contributed by atoms with Crippen LogP contribution < -0.4 is 15.2 Å². The normalized spacial score (nSPS) is 30.5. The molecule has 1 aromatic carbocycles. The minimum Gasteiger partial charge on any atom is -0.493 e. The van der Waals surface area contributed by atoms with Crippen LogP contribution in [0.2, 0.25) is 0 Å². The van der Waals surface area contributed by atoms with E-state index >= 15 is 0 Å². The number of methoxy groups -OCH3 is 2. The Morgan fingerprint density at radius 2 is 2.00 bits per heavy atom. The number of carbonyl (C=O) groups is 1. The monoisotopic (exact) mass is 379 g/mol. The number of fused-ring (bicyclic) bond motifs is 3. The molecule has 1 amide bonds. The van der Waals surface area contributed by atoms with Gasteiger partial charge in [-0.05, 0) is 36.1 Å². The lowest BCUT2D eigenvalue weighted by Crippen LogP contribution is -2.60. The number of nitrogens with zero attached hydrogens (tertiary/aromatic N) is 2. The van der Waals surface area contributed by atoms with E-state index in [4.69, 9.17) is 19.9 Å². The zero-order valence-corrected chi connectivity index (χ0v) is 15.7. The Labute approximate surface area is 158 Å². The van der Waals surface area contributed by atoms with Crippen molar-refractivity contribution in [3.63, 3.8) is 0 Å². The van der Waals surface area contributed by atoms with Crippen molar-refractivity contribution in [2.75, 3.05) is 40.5 Å². The van der Waals surface area contributed by atoms with Crippen LogP contribution in [-0.2, 0) is 11.2 Å². The minimum absolute atomic E-state index is 0.160. The van der Waals surface area contributed by atoms with Crippen LogP contribution >= 0.6 is 0 Å². The Hall–Kier alpha value is -2.06. The molecule has 148 valence electrons. The van der Waals surface area contributed by atoms with E-state index in [1.165, 1.54) is 11.1 Å². The first-order chi connectivity index (χ1) is 13.0. The standard InChI is InChI=1S/C19H26FN3O4/c1-25-17-5-11-3-4-22-10-16(23-9-12(8-20)27-19(23)24)14(21)7-15(22)13(11)6-18(17)26-2/h5-6,12,14-16H,3-4,7-10,21H2,1-2H3/t12?,14-,15-,16-/m0/s1. The highest BCUT2D eigenvalue weighted by Crippen LogP contribution is 2.42. The van der Waals surface area contributed by atoms with Crippen LogP contribution in [-0.4, -0.2) is 74.6 Å². The molecule has 2 saturated heterocycles. The number of hydrogen-bond donors (Lipinski definition) is 1. The van der Waals surface area contributed by atoms with E-state index in [2.05, 4.69) is 4.90 Å². The number of nitrogens with two attached hydrogens (primary N) is 1. The van der Waals surface area contributed by atoms with Gasteiger partial charge in [-0.25, -0.2) is 9.18 Å². The molecule has 0 bridgehead atoms. The van der Waals surface area contributed by atoms with Crippen LogP contribution in [0.3, 0.4) is 0 Å². The molecule has 3 aliphatic rings. The zero-order valence-electron chi connectivity index (χ0n) is 15.7. The van der Waals surface area contributed by atoms with Gasteiger partial charge in [0.1, 0.15) is 12.8 Å².